The summed E-state index contributed by atoms with van der Waals surface area (Å²) in [6, 6.07) is 2.25. The number of urea groups is 1. The minimum absolute atomic E-state index is 0.0155. The average Bonchev–Trinajstić information content (AvgIpc) is 2.43. The summed E-state index contributed by atoms with van der Waals surface area (Å²) in [6.07, 6.45) is 1.74. The topological polar surface area (TPSA) is 88.2 Å². The van der Waals surface area contributed by atoms with E-state index in [1.807, 2.05) is 0 Å². The van der Waals surface area contributed by atoms with Crippen molar-refractivity contribution in [3.63, 3.8) is 0 Å². The predicted molar refractivity (Wildman–Crippen MR) is 69.3 cm³/mol. The van der Waals surface area contributed by atoms with Crippen LogP contribution in [-0.2, 0) is 16.0 Å². The van der Waals surface area contributed by atoms with E-state index in [0.29, 0.717) is 5.56 Å². The Bertz CT molecular complexity index is 542. The second kappa shape index (κ2) is 5.58. The fourth-order valence-electron chi connectivity index (χ4n) is 2.10. The van der Waals surface area contributed by atoms with Gasteiger partial charge in [-0.3, -0.25) is 20.2 Å². The van der Waals surface area contributed by atoms with Crippen LogP contribution in [0.5, 0.6) is 0 Å². The van der Waals surface area contributed by atoms with Crippen LogP contribution in [0, 0.1) is 5.41 Å². The molecule has 0 spiro atoms. The van der Waals surface area contributed by atoms with Crippen molar-refractivity contribution in [2.75, 3.05) is 0 Å². The minimum Gasteiger partial charge on any atom is -0.277 e. The summed E-state index contributed by atoms with van der Waals surface area (Å²) in [5, 5.41) is 4.40. The van der Waals surface area contributed by atoms with Gasteiger partial charge in [0.1, 0.15) is 22.6 Å². The van der Waals surface area contributed by atoms with Crippen molar-refractivity contribution in [2.45, 2.75) is 24.8 Å². The van der Waals surface area contributed by atoms with E-state index < -0.39 is 23.3 Å². The lowest BCUT2D eigenvalue weighted by atomic mass is 9.76. The summed E-state index contributed by atoms with van der Waals surface area (Å²) in [7, 11) is 0. The maximum atomic E-state index is 12.3. The Kier molecular flexibility index (Phi) is 4.03. The number of nitrogens with one attached hydrogen (secondary N) is 2. The van der Waals surface area contributed by atoms with Crippen LogP contribution in [0.2, 0.25) is 0 Å². The maximum absolute atomic E-state index is 12.3. The maximum Gasteiger partial charge on any atom is 0.328 e. The quantitative estimate of drug-likeness (QED) is 0.819. The number of imide groups is 2. The molecule has 8 heteroatoms. The average molecular weight is 297 g/mol. The molecular formula is C12H12FN3O3S. The number of amides is 4. The van der Waals surface area contributed by atoms with Gasteiger partial charge in [-0.25, -0.2) is 9.78 Å². The number of carbonyl (C=O) groups is 3. The Balaban J connectivity index is 2.28. The summed E-state index contributed by atoms with van der Waals surface area (Å²) in [4.78, 5) is 39.0. The van der Waals surface area contributed by atoms with Crippen LogP contribution in [0.4, 0.5) is 8.68 Å². The largest absolute Gasteiger partial charge is 0.328 e. The first-order chi connectivity index (χ1) is 9.51. The molecule has 1 aliphatic heterocycles. The van der Waals surface area contributed by atoms with Gasteiger partial charge in [-0.1, -0.05) is 13.0 Å². The summed E-state index contributed by atoms with van der Waals surface area (Å²) in [5.74, 6) is -1.25. The molecule has 0 saturated carbocycles. The molecule has 1 aliphatic rings. The van der Waals surface area contributed by atoms with E-state index in [-0.39, 0.29) is 30.0 Å². The van der Waals surface area contributed by atoms with Gasteiger partial charge in [0.2, 0.25) is 11.8 Å². The third kappa shape index (κ3) is 2.51. The summed E-state index contributed by atoms with van der Waals surface area (Å²) in [6.45, 7) is 1.69. The van der Waals surface area contributed by atoms with Crippen molar-refractivity contribution in [1.82, 2.24) is 15.6 Å². The normalized spacial score (nSPS) is 17.6. The molecule has 2 heterocycles. The van der Waals surface area contributed by atoms with E-state index >= 15 is 0 Å². The highest BCUT2D eigenvalue weighted by Crippen LogP contribution is 2.30. The molecule has 0 radical (unpaired) electrons. The van der Waals surface area contributed by atoms with Gasteiger partial charge < -0.3 is 0 Å². The number of pyridine rings is 1. The van der Waals surface area contributed by atoms with E-state index in [9.17, 15) is 18.3 Å². The lowest BCUT2D eigenvalue weighted by molar-refractivity contribution is -0.144. The van der Waals surface area contributed by atoms with Gasteiger partial charge in [0.25, 0.3) is 0 Å². The van der Waals surface area contributed by atoms with Crippen molar-refractivity contribution in [3.05, 3.63) is 23.9 Å². The van der Waals surface area contributed by atoms with Crippen LogP contribution in [0.3, 0.4) is 0 Å². The van der Waals surface area contributed by atoms with Crippen molar-refractivity contribution in [2.24, 2.45) is 5.41 Å². The molecule has 0 bridgehead atoms. The zero-order chi connectivity index (χ0) is 14.8. The van der Waals surface area contributed by atoms with Crippen LogP contribution in [0.1, 0.15) is 18.9 Å². The molecule has 6 nitrogen and oxygen atoms in total. The first-order valence-electron chi connectivity index (χ1n) is 5.92. The van der Waals surface area contributed by atoms with E-state index in [1.165, 1.54) is 12.3 Å². The van der Waals surface area contributed by atoms with Crippen molar-refractivity contribution in [3.8, 4) is 0 Å². The number of hydrogen-bond acceptors (Lipinski definition) is 5. The number of hydrogen-bond donors (Lipinski definition) is 2. The molecule has 1 fully saturated rings. The number of halogens is 1. The number of nitrogens with zero attached hydrogens (tertiary/aromatic N) is 1. The van der Waals surface area contributed by atoms with Crippen LogP contribution in [0.25, 0.3) is 0 Å². The fraction of sp³-hybridized carbons (Fsp3) is 0.333. The zero-order valence-electron chi connectivity index (χ0n) is 10.6. The van der Waals surface area contributed by atoms with Crippen LogP contribution in [0.15, 0.2) is 23.4 Å². The first-order valence-corrected chi connectivity index (χ1v) is 6.64. The second-order valence-corrected chi connectivity index (χ2v) is 5.00. The van der Waals surface area contributed by atoms with Gasteiger partial charge in [-0.05, 0) is 24.5 Å². The lowest BCUT2D eigenvalue weighted by Crippen LogP contribution is -2.63. The molecule has 4 amide bonds. The number of rotatable bonds is 4. The van der Waals surface area contributed by atoms with Gasteiger partial charge >= 0.3 is 6.03 Å². The zero-order valence-corrected chi connectivity index (χ0v) is 11.4. The molecule has 1 aromatic heterocycles. The lowest BCUT2D eigenvalue weighted by Gasteiger charge is -2.32. The van der Waals surface area contributed by atoms with Crippen molar-refractivity contribution < 1.29 is 18.3 Å². The number of carbonyl (C=O) groups excluding carboxylic acids is 3. The SMILES string of the molecule is CCC1(Cc2ccc(SF)nc2)C(=O)NC(=O)NC1=O. The van der Waals surface area contributed by atoms with Gasteiger partial charge in [-0.15, -0.1) is 0 Å². The van der Waals surface area contributed by atoms with E-state index in [2.05, 4.69) is 15.6 Å². The molecule has 1 saturated heterocycles. The standard InChI is InChI=1S/C12H12FN3O3S/c1-2-12(9(17)15-11(19)16-10(12)18)5-7-3-4-8(20-13)14-6-7/h3-4,6H,2,5H2,1H3,(H2,15,16,17,18,19). The Hall–Kier alpha value is -1.96. The molecule has 106 valence electrons. The number of barbiturate groups is 1. The minimum atomic E-state index is -1.35. The van der Waals surface area contributed by atoms with E-state index in [1.54, 1.807) is 13.0 Å². The van der Waals surface area contributed by atoms with Gasteiger partial charge in [0.05, 0.1) is 0 Å². The Morgan fingerprint density at radius 2 is 1.90 bits per heavy atom. The summed E-state index contributed by atoms with van der Waals surface area (Å²) >= 11 is 0.0155. The highest BCUT2D eigenvalue weighted by atomic mass is 32.2. The van der Waals surface area contributed by atoms with Gasteiger partial charge in [-0.2, -0.15) is 3.89 Å². The van der Waals surface area contributed by atoms with E-state index in [4.69, 9.17) is 0 Å². The van der Waals surface area contributed by atoms with Crippen LogP contribution < -0.4 is 10.6 Å². The van der Waals surface area contributed by atoms with E-state index in [0.717, 1.165) is 0 Å². The highest BCUT2D eigenvalue weighted by molar-refractivity contribution is 7.94. The van der Waals surface area contributed by atoms with Gasteiger partial charge in [0, 0.05) is 6.20 Å². The summed E-state index contributed by atoms with van der Waals surface area (Å²) < 4.78 is 12.3. The molecular weight excluding hydrogens is 285 g/mol. The smallest absolute Gasteiger partial charge is 0.277 e. The molecule has 20 heavy (non-hydrogen) atoms. The molecule has 2 rings (SSSR count). The van der Waals surface area contributed by atoms with Crippen molar-refractivity contribution in [1.29, 1.82) is 0 Å². The fourth-order valence-corrected chi connectivity index (χ4v) is 2.31. The summed E-state index contributed by atoms with van der Waals surface area (Å²) in [5.41, 5.74) is -0.732. The Morgan fingerprint density at radius 3 is 2.35 bits per heavy atom. The van der Waals surface area contributed by atoms with Gasteiger partial charge in [0.15, 0.2) is 0 Å². The highest BCUT2D eigenvalue weighted by Gasteiger charge is 2.48. The first kappa shape index (κ1) is 14.4. The van der Waals surface area contributed by atoms with Crippen molar-refractivity contribution >= 4 is 30.0 Å². The third-order valence-corrected chi connectivity index (χ3v) is 3.71. The monoisotopic (exact) mass is 297 g/mol. The Morgan fingerprint density at radius 1 is 1.25 bits per heavy atom. The molecule has 2 N–H and O–H groups in total. The molecule has 0 unspecified atom stereocenters. The molecule has 0 aromatic carbocycles. The van der Waals surface area contributed by atoms with Crippen LogP contribution >= 0.6 is 12.1 Å². The number of aromatic nitrogens is 1. The second-order valence-electron chi connectivity index (χ2n) is 4.43. The Labute approximate surface area is 118 Å². The molecule has 0 aliphatic carbocycles. The van der Waals surface area contributed by atoms with Crippen LogP contribution in [-0.4, -0.2) is 22.8 Å². The third-order valence-electron chi connectivity index (χ3n) is 3.31. The molecule has 1 aromatic rings. The predicted octanol–water partition coefficient (Wildman–Crippen LogP) is 1.36. The molecule has 0 atom stereocenters.